The van der Waals surface area contributed by atoms with E-state index in [1.54, 1.807) is 6.20 Å². The molecule has 0 spiro atoms. The molecule has 86 valence electrons. The highest BCUT2D eigenvalue weighted by molar-refractivity contribution is 9.10. The van der Waals surface area contributed by atoms with E-state index >= 15 is 0 Å². The Morgan fingerprint density at radius 2 is 1.94 bits per heavy atom. The van der Waals surface area contributed by atoms with Gasteiger partial charge in [0.1, 0.15) is 5.15 Å². The highest BCUT2D eigenvalue weighted by Gasteiger charge is 1.96. The molecule has 1 nitrogen and oxygen atoms in total. The van der Waals surface area contributed by atoms with Crippen LogP contribution in [0.2, 0.25) is 5.15 Å². The van der Waals surface area contributed by atoms with E-state index in [9.17, 15) is 0 Å². The quantitative estimate of drug-likeness (QED) is 0.745. The zero-order valence-electron chi connectivity index (χ0n) is 9.11. The van der Waals surface area contributed by atoms with Crippen LogP contribution in [0.3, 0.4) is 0 Å². The second-order valence-corrected chi connectivity index (χ2v) is 4.89. The molecule has 0 fully saturated rings. The summed E-state index contributed by atoms with van der Waals surface area (Å²) in [5.41, 5.74) is 2.22. The molecule has 0 unspecified atom stereocenters. The minimum Gasteiger partial charge on any atom is -0.244 e. The van der Waals surface area contributed by atoms with Crippen LogP contribution in [0, 0.1) is 0 Å². The van der Waals surface area contributed by atoms with Crippen molar-refractivity contribution in [1.82, 2.24) is 4.98 Å². The third-order valence-electron chi connectivity index (χ3n) is 2.35. The molecule has 0 saturated carbocycles. The molecular weight excluding hydrogens is 298 g/mol. The molecule has 0 aliphatic heterocycles. The summed E-state index contributed by atoms with van der Waals surface area (Å²) in [6.07, 6.45) is 6.66. The minimum atomic E-state index is 0.577. The van der Waals surface area contributed by atoms with Gasteiger partial charge in [-0.3, -0.25) is 0 Å². The maximum Gasteiger partial charge on any atom is 0.132 e. The van der Waals surface area contributed by atoms with Crippen LogP contribution < -0.4 is 0 Å². The first kappa shape index (κ1) is 12.3. The van der Waals surface area contributed by atoms with Gasteiger partial charge in [0.15, 0.2) is 0 Å². The summed E-state index contributed by atoms with van der Waals surface area (Å²) < 4.78 is 1.09. The van der Waals surface area contributed by atoms with Crippen LogP contribution in [0.5, 0.6) is 0 Å². The number of hydrogen-bond donors (Lipinski definition) is 0. The van der Waals surface area contributed by atoms with Gasteiger partial charge in [0, 0.05) is 10.7 Å². The molecule has 0 aliphatic carbocycles. The fourth-order valence-electron chi connectivity index (χ4n) is 1.47. The number of benzene rings is 1. The maximum absolute atomic E-state index is 5.98. The Kier molecular flexibility index (Phi) is 4.35. The molecule has 0 amide bonds. The average Bonchev–Trinajstić information content (AvgIpc) is 2.34. The summed E-state index contributed by atoms with van der Waals surface area (Å²) in [4.78, 5) is 4.04. The van der Waals surface area contributed by atoms with Crippen molar-refractivity contribution in [1.29, 1.82) is 0 Å². The van der Waals surface area contributed by atoms with Crippen molar-refractivity contribution >= 4 is 33.6 Å². The van der Waals surface area contributed by atoms with E-state index in [-0.39, 0.29) is 0 Å². The summed E-state index contributed by atoms with van der Waals surface area (Å²) in [5, 5.41) is 0.577. The number of rotatable bonds is 3. The zero-order valence-corrected chi connectivity index (χ0v) is 11.4. The van der Waals surface area contributed by atoms with Crippen LogP contribution in [-0.2, 0) is 6.42 Å². The first-order valence-electron chi connectivity index (χ1n) is 5.27. The van der Waals surface area contributed by atoms with Gasteiger partial charge in [-0.25, -0.2) is 4.98 Å². The Morgan fingerprint density at radius 1 is 1.18 bits per heavy atom. The minimum absolute atomic E-state index is 0.577. The normalized spacial score (nSPS) is 10.9. The molecule has 0 saturated heterocycles. The van der Waals surface area contributed by atoms with E-state index in [4.69, 9.17) is 11.6 Å². The van der Waals surface area contributed by atoms with E-state index in [2.05, 4.69) is 45.2 Å². The van der Waals surface area contributed by atoms with Gasteiger partial charge in [0.05, 0.1) is 0 Å². The van der Waals surface area contributed by atoms with Crippen molar-refractivity contribution in [3.8, 4) is 0 Å². The molecule has 2 rings (SSSR count). The molecule has 17 heavy (non-hydrogen) atoms. The molecule has 1 aromatic carbocycles. The Hall–Kier alpha value is -1.12. The largest absolute Gasteiger partial charge is 0.244 e. The van der Waals surface area contributed by atoms with Crippen molar-refractivity contribution in [2.45, 2.75) is 6.42 Å². The van der Waals surface area contributed by atoms with Crippen LogP contribution >= 0.6 is 27.5 Å². The number of hydrogen-bond acceptors (Lipinski definition) is 1. The molecule has 0 atom stereocenters. The Labute approximate surface area is 114 Å². The van der Waals surface area contributed by atoms with E-state index in [0.29, 0.717) is 5.15 Å². The lowest BCUT2D eigenvalue weighted by molar-refractivity contribution is 1.19. The topological polar surface area (TPSA) is 12.9 Å². The van der Waals surface area contributed by atoms with Gasteiger partial charge < -0.3 is 0 Å². The number of allylic oxidation sites excluding steroid dienone is 1. The molecule has 3 heteroatoms. The van der Waals surface area contributed by atoms with Crippen LogP contribution in [0.1, 0.15) is 11.1 Å². The van der Waals surface area contributed by atoms with Crippen LogP contribution in [0.25, 0.3) is 6.08 Å². The Balaban J connectivity index is 2.03. The fourth-order valence-corrected chi connectivity index (χ4v) is 1.93. The van der Waals surface area contributed by atoms with Gasteiger partial charge in [-0.2, -0.15) is 0 Å². The first-order valence-corrected chi connectivity index (χ1v) is 6.44. The van der Waals surface area contributed by atoms with E-state index in [0.717, 1.165) is 16.5 Å². The Bertz CT molecular complexity index is 520. The predicted octanol–water partition coefficient (Wildman–Crippen LogP) is 4.75. The van der Waals surface area contributed by atoms with Crippen molar-refractivity contribution in [2.75, 3.05) is 0 Å². The first-order chi connectivity index (χ1) is 8.25. The number of pyridine rings is 1. The summed E-state index contributed by atoms with van der Waals surface area (Å²) in [6.45, 7) is 0. The van der Waals surface area contributed by atoms with Crippen molar-refractivity contribution in [3.63, 3.8) is 0 Å². The van der Waals surface area contributed by atoms with Gasteiger partial charge in [0.25, 0.3) is 0 Å². The van der Waals surface area contributed by atoms with Crippen molar-refractivity contribution in [3.05, 3.63) is 69.4 Å². The molecule has 0 bridgehead atoms. The van der Waals surface area contributed by atoms with Gasteiger partial charge in [-0.05, 0) is 35.7 Å². The zero-order chi connectivity index (χ0) is 12.1. The molecular formula is C14H11BrClN. The SMILES string of the molecule is Clc1ncccc1CC=Cc1ccc(Br)cc1. The standard InChI is InChI=1S/C14H11BrClN/c15-13-8-6-11(7-9-13)3-1-4-12-5-2-10-17-14(12)16/h1-3,5-10H,4H2. The highest BCUT2D eigenvalue weighted by Crippen LogP contribution is 2.14. The van der Waals surface area contributed by atoms with Crippen molar-refractivity contribution in [2.24, 2.45) is 0 Å². The molecule has 0 radical (unpaired) electrons. The highest BCUT2D eigenvalue weighted by atomic mass is 79.9. The maximum atomic E-state index is 5.98. The van der Waals surface area contributed by atoms with Gasteiger partial charge in [0.2, 0.25) is 0 Å². The fraction of sp³-hybridized carbons (Fsp3) is 0.0714. The predicted molar refractivity (Wildman–Crippen MR) is 76.1 cm³/mol. The van der Waals surface area contributed by atoms with Crippen LogP contribution in [0.15, 0.2) is 53.1 Å². The second kappa shape index (κ2) is 5.99. The molecule has 1 heterocycles. The second-order valence-electron chi connectivity index (χ2n) is 3.61. The summed E-state index contributed by atoms with van der Waals surface area (Å²) in [7, 11) is 0. The summed E-state index contributed by atoms with van der Waals surface area (Å²) in [5.74, 6) is 0. The summed E-state index contributed by atoms with van der Waals surface area (Å²) in [6, 6.07) is 12.1. The molecule has 0 N–H and O–H groups in total. The van der Waals surface area contributed by atoms with Crippen molar-refractivity contribution < 1.29 is 0 Å². The van der Waals surface area contributed by atoms with Crippen LogP contribution in [-0.4, -0.2) is 4.98 Å². The number of nitrogens with zero attached hydrogens (tertiary/aromatic N) is 1. The lowest BCUT2D eigenvalue weighted by Crippen LogP contribution is -1.85. The van der Waals surface area contributed by atoms with E-state index < -0.39 is 0 Å². The number of aromatic nitrogens is 1. The average molecular weight is 309 g/mol. The monoisotopic (exact) mass is 307 g/mol. The van der Waals surface area contributed by atoms with Crippen LogP contribution in [0.4, 0.5) is 0 Å². The lowest BCUT2D eigenvalue weighted by Gasteiger charge is -1.98. The molecule has 0 aliphatic rings. The molecule has 2 aromatic rings. The summed E-state index contributed by atoms with van der Waals surface area (Å²) >= 11 is 9.39. The lowest BCUT2D eigenvalue weighted by atomic mass is 10.1. The van der Waals surface area contributed by atoms with Gasteiger partial charge >= 0.3 is 0 Å². The third-order valence-corrected chi connectivity index (χ3v) is 3.22. The number of halogens is 2. The van der Waals surface area contributed by atoms with Gasteiger partial charge in [-0.1, -0.05) is 57.9 Å². The molecule has 1 aromatic heterocycles. The van der Waals surface area contributed by atoms with E-state index in [1.165, 1.54) is 5.56 Å². The third kappa shape index (κ3) is 3.69. The Morgan fingerprint density at radius 3 is 2.65 bits per heavy atom. The van der Waals surface area contributed by atoms with E-state index in [1.807, 2.05) is 24.3 Å². The van der Waals surface area contributed by atoms with Gasteiger partial charge in [-0.15, -0.1) is 0 Å². The smallest absolute Gasteiger partial charge is 0.132 e.